The molecule has 6 heteroatoms. The molecule has 28 heavy (non-hydrogen) atoms. The SMILES string of the molecule is Nc1cccc(Cc2c(C3CCC([C@@H]4C=CC=CC4)CC3)[nH]c(=O)[nH]c2=O)n1. The van der Waals surface area contributed by atoms with Crippen LogP contribution in [0.3, 0.4) is 0 Å². The maximum Gasteiger partial charge on any atom is 0.325 e. The number of nitrogens with one attached hydrogen (secondary N) is 2. The molecule has 0 radical (unpaired) electrons. The van der Waals surface area contributed by atoms with Crippen LogP contribution in [-0.4, -0.2) is 15.0 Å². The lowest BCUT2D eigenvalue weighted by molar-refractivity contribution is 0.262. The highest BCUT2D eigenvalue weighted by molar-refractivity contribution is 5.32. The number of H-pyrrole nitrogens is 2. The zero-order valence-electron chi connectivity index (χ0n) is 15.9. The van der Waals surface area contributed by atoms with Crippen LogP contribution in [0.5, 0.6) is 0 Å². The van der Waals surface area contributed by atoms with Crippen LogP contribution in [0.2, 0.25) is 0 Å². The van der Waals surface area contributed by atoms with Gasteiger partial charge < -0.3 is 10.7 Å². The van der Waals surface area contributed by atoms with E-state index in [2.05, 4.69) is 39.3 Å². The van der Waals surface area contributed by atoms with Crippen molar-refractivity contribution in [1.29, 1.82) is 0 Å². The molecule has 146 valence electrons. The van der Waals surface area contributed by atoms with Gasteiger partial charge in [0.05, 0.1) is 0 Å². The number of anilines is 1. The third kappa shape index (κ3) is 4.01. The van der Waals surface area contributed by atoms with Crippen molar-refractivity contribution in [2.24, 2.45) is 11.8 Å². The summed E-state index contributed by atoms with van der Waals surface area (Å²) in [5, 5.41) is 0. The summed E-state index contributed by atoms with van der Waals surface area (Å²) in [6.45, 7) is 0. The van der Waals surface area contributed by atoms with Gasteiger partial charge in [-0.25, -0.2) is 9.78 Å². The van der Waals surface area contributed by atoms with Crippen LogP contribution >= 0.6 is 0 Å². The fourth-order valence-electron chi connectivity index (χ4n) is 4.62. The summed E-state index contributed by atoms with van der Waals surface area (Å²) in [5.41, 5.74) is 7.11. The van der Waals surface area contributed by atoms with Gasteiger partial charge in [-0.2, -0.15) is 0 Å². The first-order valence-corrected chi connectivity index (χ1v) is 10.0. The molecule has 0 aromatic carbocycles. The van der Waals surface area contributed by atoms with Gasteiger partial charge in [-0.3, -0.25) is 9.78 Å². The number of rotatable bonds is 4. The van der Waals surface area contributed by atoms with Gasteiger partial charge >= 0.3 is 5.69 Å². The molecular formula is C22H26N4O2. The Hall–Kier alpha value is -2.89. The number of nitrogens with two attached hydrogens (primary N) is 1. The minimum Gasteiger partial charge on any atom is -0.384 e. The van der Waals surface area contributed by atoms with Gasteiger partial charge in [0.15, 0.2) is 0 Å². The van der Waals surface area contributed by atoms with Crippen molar-refractivity contribution in [3.8, 4) is 0 Å². The summed E-state index contributed by atoms with van der Waals surface area (Å²) in [6.07, 6.45) is 14.5. The standard InChI is InChI=1S/C22H26N4O2/c23-19-8-4-7-17(24-19)13-18-20(25-22(28)26-21(18)27)16-11-9-15(10-12-16)14-5-2-1-3-6-14/h1-5,7-8,14-16H,6,9-13H2,(H2,23,24)(H2,25,26,27,28)/t14-,15?,16?/m1/s1. The number of aromatic amines is 2. The Morgan fingerprint density at radius 3 is 2.61 bits per heavy atom. The Labute approximate surface area is 163 Å². The topological polar surface area (TPSA) is 105 Å². The normalized spacial score (nSPS) is 24.4. The van der Waals surface area contributed by atoms with Gasteiger partial charge in [0, 0.05) is 23.4 Å². The minimum absolute atomic E-state index is 0.199. The van der Waals surface area contributed by atoms with Gasteiger partial charge in [0.2, 0.25) is 0 Å². The van der Waals surface area contributed by atoms with Gasteiger partial charge in [-0.15, -0.1) is 0 Å². The number of nitrogen functional groups attached to an aromatic ring is 1. The van der Waals surface area contributed by atoms with E-state index in [0.29, 0.717) is 29.6 Å². The number of allylic oxidation sites excluding steroid dienone is 4. The van der Waals surface area contributed by atoms with E-state index in [1.807, 2.05) is 12.1 Å². The molecule has 0 saturated heterocycles. The zero-order valence-corrected chi connectivity index (χ0v) is 15.9. The van der Waals surface area contributed by atoms with Gasteiger partial charge in [-0.05, 0) is 62.0 Å². The van der Waals surface area contributed by atoms with Crippen molar-refractivity contribution in [3.63, 3.8) is 0 Å². The van der Waals surface area contributed by atoms with E-state index in [1.54, 1.807) is 6.07 Å². The Balaban J connectivity index is 1.56. The third-order valence-corrected chi connectivity index (χ3v) is 6.06. The van der Waals surface area contributed by atoms with Crippen LogP contribution in [0.1, 0.15) is 55.0 Å². The predicted octanol–water partition coefficient (Wildman–Crippen LogP) is 3.04. The first-order chi connectivity index (χ1) is 13.6. The van der Waals surface area contributed by atoms with Crippen molar-refractivity contribution < 1.29 is 0 Å². The van der Waals surface area contributed by atoms with Crippen molar-refractivity contribution in [1.82, 2.24) is 15.0 Å². The zero-order chi connectivity index (χ0) is 19.5. The maximum atomic E-state index is 12.6. The largest absolute Gasteiger partial charge is 0.384 e. The smallest absolute Gasteiger partial charge is 0.325 e. The summed E-state index contributed by atoms with van der Waals surface area (Å²) in [6, 6.07) is 5.40. The molecule has 4 N–H and O–H groups in total. The maximum absolute atomic E-state index is 12.6. The van der Waals surface area contributed by atoms with E-state index in [4.69, 9.17) is 5.73 Å². The molecule has 2 heterocycles. The van der Waals surface area contributed by atoms with Gasteiger partial charge in [-0.1, -0.05) is 30.4 Å². The highest BCUT2D eigenvalue weighted by Crippen LogP contribution is 2.40. The molecule has 4 rings (SSSR count). The molecule has 0 spiro atoms. The monoisotopic (exact) mass is 378 g/mol. The lowest BCUT2D eigenvalue weighted by Crippen LogP contribution is -2.31. The second-order valence-electron chi connectivity index (χ2n) is 7.86. The number of aromatic nitrogens is 3. The summed E-state index contributed by atoms with van der Waals surface area (Å²) in [5.74, 6) is 1.91. The second kappa shape index (κ2) is 8.00. The van der Waals surface area contributed by atoms with Crippen LogP contribution < -0.4 is 17.0 Å². The number of pyridine rings is 1. The molecule has 2 aromatic heterocycles. The molecule has 0 unspecified atom stereocenters. The summed E-state index contributed by atoms with van der Waals surface area (Å²) in [4.78, 5) is 34.1. The molecule has 1 fully saturated rings. The predicted molar refractivity (Wildman–Crippen MR) is 110 cm³/mol. The Bertz CT molecular complexity index is 1010. The van der Waals surface area contributed by atoms with Crippen LogP contribution in [0.15, 0.2) is 52.1 Å². The third-order valence-electron chi connectivity index (χ3n) is 6.06. The van der Waals surface area contributed by atoms with Crippen molar-refractivity contribution in [2.75, 3.05) is 5.73 Å². The number of nitrogens with zero attached hydrogens (tertiary/aromatic N) is 1. The Morgan fingerprint density at radius 1 is 1.07 bits per heavy atom. The second-order valence-corrected chi connectivity index (χ2v) is 7.86. The van der Waals surface area contributed by atoms with Crippen LogP contribution in [0.25, 0.3) is 0 Å². The quantitative estimate of drug-likeness (QED) is 0.760. The molecule has 0 amide bonds. The summed E-state index contributed by atoms with van der Waals surface area (Å²) >= 11 is 0. The Morgan fingerprint density at radius 2 is 1.89 bits per heavy atom. The summed E-state index contributed by atoms with van der Waals surface area (Å²) in [7, 11) is 0. The summed E-state index contributed by atoms with van der Waals surface area (Å²) < 4.78 is 0. The van der Waals surface area contributed by atoms with E-state index in [0.717, 1.165) is 43.5 Å². The average molecular weight is 378 g/mol. The van der Waals surface area contributed by atoms with E-state index < -0.39 is 5.69 Å². The van der Waals surface area contributed by atoms with E-state index >= 15 is 0 Å². The molecule has 2 aliphatic carbocycles. The van der Waals surface area contributed by atoms with Crippen molar-refractivity contribution in [2.45, 2.75) is 44.4 Å². The number of hydrogen-bond acceptors (Lipinski definition) is 4. The highest BCUT2D eigenvalue weighted by atomic mass is 16.2. The van der Waals surface area contributed by atoms with E-state index in [9.17, 15) is 9.59 Å². The Kier molecular flexibility index (Phi) is 5.28. The van der Waals surface area contributed by atoms with E-state index in [1.165, 1.54) is 0 Å². The number of hydrogen-bond donors (Lipinski definition) is 3. The van der Waals surface area contributed by atoms with Gasteiger partial charge in [0.25, 0.3) is 5.56 Å². The van der Waals surface area contributed by atoms with Crippen LogP contribution in [-0.2, 0) is 6.42 Å². The molecule has 2 aliphatic rings. The van der Waals surface area contributed by atoms with Crippen molar-refractivity contribution in [3.05, 3.63) is 80.3 Å². The minimum atomic E-state index is -0.438. The molecule has 0 bridgehead atoms. The van der Waals surface area contributed by atoms with Gasteiger partial charge in [0.1, 0.15) is 5.82 Å². The average Bonchev–Trinajstić information content (AvgIpc) is 2.71. The fourth-order valence-corrected chi connectivity index (χ4v) is 4.62. The first-order valence-electron chi connectivity index (χ1n) is 10.0. The molecule has 6 nitrogen and oxygen atoms in total. The van der Waals surface area contributed by atoms with Crippen LogP contribution in [0.4, 0.5) is 5.82 Å². The molecule has 0 aliphatic heterocycles. The fraction of sp³-hybridized carbons (Fsp3) is 0.409. The first kappa shape index (κ1) is 18.5. The molecular weight excluding hydrogens is 352 g/mol. The highest BCUT2D eigenvalue weighted by Gasteiger charge is 2.29. The lowest BCUT2D eigenvalue weighted by Gasteiger charge is -2.33. The van der Waals surface area contributed by atoms with Crippen LogP contribution in [0, 0.1) is 11.8 Å². The van der Waals surface area contributed by atoms with E-state index in [-0.39, 0.29) is 11.5 Å². The molecule has 2 aromatic rings. The molecule has 1 atom stereocenters. The van der Waals surface area contributed by atoms with Crippen molar-refractivity contribution >= 4 is 5.82 Å². The lowest BCUT2D eigenvalue weighted by atomic mass is 9.72. The molecule has 1 saturated carbocycles.